The first-order chi connectivity index (χ1) is 6.72. The Morgan fingerprint density at radius 1 is 1.36 bits per heavy atom. The Labute approximate surface area is 89.1 Å². The number of halogens is 1. The number of benzene rings is 1. The molecule has 0 aliphatic carbocycles. The summed E-state index contributed by atoms with van der Waals surface area (Å²) in [4.78, 5) is 1.12. The van der Waals surface area contributed by atoms with Crippen molar-refractivity contribution in [2.75, 3.05) is 13.1 Å². The lowest BCUT2D eigenvalue weighted by Gasteiger charge is -2.10. The molecule has 0 saturated heterocycles. The van der Waals surface area contributed by atoms with Crippen molar-refractivity contribution in [1.29, 1.82) is 0 Å². The number of hydrogen-bond acceptors (Lipinski definition) is 2. The van der Waals surface area contributed by atoms with Crippen LogP contribution in [0.3, 0.4) is 0 Å². The van der Waals surface area contributed by atoms with Crippen LogP contribution in [-0.2, 0) is 0 Å². The van der Waals surface area contributed by atoms with E-state index >= 15 is 0 Å². The zero-order valence-electron chi connectivity index (χ0n) is 8.59. The summed E-state index contributed by atoms with van der Waals surface area (Å²) in [6, 6.07) is 6.65. The summed E-state index contributed by atoms with van der Waals surface area (Å²) in [5, 5.41) is 3.80. The van der Waals surface area contributed by atoms with Crippen LogP contribution in [0.5, 0.6) is 0 Å². The van der Waals surface area contributed by atoms with Gasteiger partial charge in [0.15, 0.2) is 0 Å². The van der Waals surface area contributed by atoms with Crippen LogP contribution in [0.4, 0.5) is 4.39 Å². The van der Waals surface area contributed by atoms with Crippen molar-refractivity contribution < 1.29 is 4.39 Å². The molecule has 0 amide bonds. The molecule has 0 fully saturated rings. The van der Waals surface area contributed by atoms with Crippen molar-refractivity contribution in [2.24, 2.45) is 0 Å². The van der Waals surface area contributed by atoms with E-state index in [9.17, 15) is 4.39 Å². The lowest BCUT2D eigenvalue weighted by molar-refractivity contribution is 0.626. The predicted molar refractivity (Wildman–Crippen MR) is 60.3 cm³/mol. The van der Waals surface area contributed by atoms with Gasteiger partial charge in [0.25, 0.3) is 0 Å². The van der Waals surface area contributed by atoms with E-state index in [0.29, 0.717) is 5.25 Å². The van der Waals surface area contributed by atoms with Crippen LogP contribution < -0.4 is 5.32 Å². The molecule has 1 aromatic carbocycles. The van der Waals surface area contributed by atoms with Crippen molar-refractivity contribution in [3.63, 3.8) is 0 Å². The standard InChI is InChI=1S/C11H16FNS/c1-3-13-8-9(2)14-11-6-4-10(12)5-7-11/h4-7,9,13H,3,8H2,1-2H3. The van der Waals surface area contributed by atoms with E-state index in [2.05, 4.69) is 19.2 Å². The average molecular weight is 213 g/mol. The SMILES string of the molecule is CCNCC(C)Sc1ccc(F)cc1. The maximum atomic E-state index is 12.6. The summed E-state index contributed by atoms with van der Waals surface area (Å²) in [6.45, 7) is 6.23. The van der Waals surface area contributed by atoms with Gasteiger partial charge in [-0.05, 0) is 30.8 Å². The molecule has 0 radical (unpaired) electrons. The molecule has 0 saturated carbocycles. The van der Waals surface area contributed by atoms with Crippen LogP contribution in [-0.4, -0.2) is 18.3 Å². The van der Waals surface area contributed by atoms with Gasteiger partial charge >= 0.3 is 0 Å². The zero-order valence-corrected chi connectivity index (χ0v) is 9.40. The molecule has 0 heterocycles. The van der Waals surface area contributed by atoms with Gasteiger partial charge in [-0.3, -0.25) is 0 Å². The van der Waals surface area contributed by atoms with Crippen LogP contribution >= 0.6 is 11.8 Å². The molecule has 1 N–H and O–H groups in total. The maximum Gasteiger partial charge on any atom is 0.123 e. The molecule has 1 aromatic rings. The smallest absolute Gasteiger partial charge is 0.123 e. The van der Waals surface area contributed by atoms with E-state index in [1.165, 1.54) is 12.1 Å². The average Bonchev–Trinajstić information content (AvgIpc) is 2.18. The first-order valence-electron chi connectivity index (χ1n) is 4.85. The van der Waals surface area contributed by atoms with Gasteiger partial charge in [0.2, 0.25) is 0 Å². The summed E-state index contributed by atoms with van der Waals surface area (Å²) in [6.07, 6.45) is 0. The molecule has 0 aliphatic rings. The monoisotopic (exact) mass is 213 g/mol. The second-order valence-corrected chi connectivity index (χ2v) is 4.70. The quantitative estimate of drug-likeness (QED) is 0.755. The molecule has 0 spiro atoms. The minimum Gasteiger partial charge on any atom is -0.316 e. The highest BCUT2D eigenvalue weighted by Crippen LogP contribution is 2.22. The van der Waals surface area contributed by atoms with Crippen LogP contribution in [0.1, 0.15) is 13.8 Å². The zero-order chi connectivity index (χ0) is 10.4. The van der Waals surface area contributed by atoms with Crippen molar-refractivity contribution in [3.05, 3.63) is 30.1 Å². The van der Waals surface area contributed by atoms with E-state index in [1.54, 1.807) is 11.8 Å². The number of nitrogens with one attached hydrogen (secondary N) is 1. The van der Waals surface area contributed by atoms with Crippen molar-refractivity contribution >= 4 is 11.8 Å². The van der Waals surface area contributed by atoms with Crippen LogP contribution in [0.25, 0.3) is 0 Å². The molecule has 0 aliphatic heterocycles. The van der Waals surface area contributed by atoms with E-state index in [-0.39, 0.29) is 5.82 Å². The van der Waals surface area contributed by atoms with Gasteiger partial charge in [-0.25, -0.2) is 4.39 Å². The van der Waals surface area contributed by atoms with Gasteiger partial charge in [-0.1, -0.05) is 13.8 Å². The fourth-order valence-corrected chi connectivity index (χ4v) is 2.09. The first kappa shape index (κ1) is 11.5. The minimum atomic E-state index is -0.173. The number of hydrogen-bond donors (Lipinski definition) is 1. The van der Waals surface area contributed by atoms with Gasteiger partial charge in [0.1, 0.15) is 5.82 Å². The second-order valence-electron chi connectivity index (χ2n) is 3.19. The highest BCUT2D eigenvalue weighted by atomic mass is 32.2. The molecule has 0 aromatic heterocycles. The van der Waals surface area contributed by atoms with Gasteiger partial charge in [-0.2, -0.15) is 0 Å². The number of thioether (sulfide) groups is 1. The highest BCUT2D eigenvalue weighted by Gasteiger charge is 2.03. The Bertz CT molecular complexity index is 260. The van der Waals surface area contributed by atoms with Crippen LogP contribution in [0.2, 0.25) is 0 Å². The lowest BCUT2D eigenvalue weighted by Crippen LogP contribution is -2.21. The fraction of sp³-hybridized carbons (Fsp3) is 0.455. The van der Waals surface area contributed by atoms with E-state index in [0.717, 1.165) is 18.0 Å². The van der Waals surface area contributed by atoms with Gasteiger partial charge in [0, 0.05) is 16.7 Å². The third kappa shape index (κ3) is 4.11. The van der Waals surface area contributed by atoms with Crippen LogP contribution in [0, 0.1) is 5.82 Å². The first-order valence-corrected chi connectivity index (χ1v) is 5.73. The third-order valence-corrected chi connectivity index (χ3v) is 2.95. The van der Waals surface area contributed by atoms with Crippen molar-refractivity contribution in [3.8, 4) is 0 Å². The van der Waals surface area contributed by atoms with E-state index < -0.39 is 0 Å². The second kappa shape index (κ2) is 6.04. The van der Waals surface area contributed by atoms with E-state index in [1.807, 2.05) is 12.1 Å². The molecular weight excluding hydrogens is 197 g/mol. The molecule has 3 heteroatoms. The normalized spacial score (nSPS) is 12.8. The summed E-state index contributed by atoms with van der Waals surface area (Å²) >= 11 is 1.76. The molecule has 1 unspecified atom stereocenters. The van der Waals surface area contributed by atoms with Gasteiger partial charge in [-0.15, -0.1) is 11.8 Å². The lowest BCUT2D eigenvalue weighted by atomic mass is 10.3. The van der Waals surface area contributed by atoms with Crippen molar-refractivity contribution in [1.82, 2.24) is 5.32 Å². The third-order valence-electron chi connectivity index (χ3n) is 1.83. The Morgan fingerprint density at radius 2 is 2.00 bits per heavy atom. The molecule has 1 nitrogen and oxygen atoms in total. The van der Waals surface area contributed by atoms with Gasteiger partial charge < -0.3 is 5.32 Å². The Morgan fingerprint density at radius 3 is 2.57 bits per heavy atom. The summed E-state index contributed by atoms with van der Waals surface area (Å²) in [7, 11) is 0. The molecule has 1 rings (SSSR count). The van der Waals surface area contributed by atoms with Gasteiger partial charge in [0.05, 0.1) is 0 Å². The van der Waals surface area contributed by atoms with Crippen molar-refractivity contribution in [2.45, 2.75) is 24.0 Å². The van der Waals surface area contributed by atoms with Crippen LogP contribution in [0.15, 0.2) is 29.2 Å². The van der Waals surface area contributed by atoms with E-state index in [4.69, 9.17) is 0 Å². The Kier molecular flexibility index (Phi) is 4.98. The molecule has 78 valence electrons. The Hall–Kier alpha value is -0.540. The minimum absolute atomic E-state index is 0.173. The number of rotatable bonds is 5. The Balaban J connectivity index is 2.39. The topological polar surface area (TPSA) is 12.0 Å². The molecule has 0 bridgehead atoms. The molecule has 14 heavy (non-hydrogen) atoms. The summed E-state index contributed by atoms with van der Waals surface area (Å²) in [5.41, 5.74) is 0. The molecule has 1 atom stereocenters. The fourth-order valence-electron chi connectivity index (χ4n) is 1.13. The summed E-state index contributed by atoms with van der Waals surface area (Å²) in [5.74, 6) is -0.173. The largest absolute Gasteiger partial charge is 0.316 e. The summed E-state index contributed by atoms with van der Waals surface area (Å²) < 4.78 is 12.6. The maximum absolute atomic E-state index is 12.6. The predicted octanol–water partition coefficient (Wildman–Crippen LogP) is 2.92. The highest BCUT2D eigenvalue weighted by molar-refractivity contribution is 8.00. The molecular formula is C11H16FNS.